The molecule has 0 aromatic heterocycles. The van der Waals surface area contributed by atoms with Crippen molar-refractivity contribution in [2.24, 2.45) is 0 Å². The minimum Gasteiger partial charge on any atom is -0.457 e. The van der Waals surface area contributed by atoms with Crippen molar-refractivity contribution < 1.29 is 27.4 Å². The van der Waals surface area contributed by atoms with Crippen LogP contribution >= 0.6 is 15.9 Å². The highest BCUT2D eigenvalue weighted by atomic mass is 79.9. The lowest BCUT2D eigenvalue weighted by Gasteiger charge is -2.17. The summed E-state index contributed by atoms with van der Waals surface area (Å²) in [5, 5.41) is 0. The lowest BCUT2D eigenvalue weighted by molar-refractivity contribution is -0.274. The molecule has 0 heterocycles. The van der Waals surface area contributed by atoms with E-state index < -0.39 is 17.9 Å². The lowest BCUT2D eigenvalue weighted by Crippen LogP contribution is -2.22. The van der Waals surface area contributed by atoms with Crippen LogP contribution in [-0.2, 0) is 9.53 Å². The van der Waals surface area contributed by atoms with E-state index in [2.05, 4.69) is 20.7 Å². The Morgan fingerprint density at radius 2 is 1.81 bits per heavy atom. The Kier molecular flexibility index (Phi) is 5.44. The van der Waals surface area contributed by atoms with Gasteiger partial charge in [-0.25, -0.2) is 4.79 Å². The van der Waals surface area contributed by atoms with Crippen LogP contribution in [-0.4, -0.2) is 17.9 Å². The van der Waals surface area contributed by atoms with Crippen molar-refractivity contribution >= 4 is 28.0 Å². The van der Waals surface area contributed by atoms with Crippen LogP contribution in [0, 0.1) is 0 Å². The van der Waals surface area contributed by atoms with Crippen LogP contribution in [0.1, 0.15) is 26.3 Å². The summed E-state index contributed by atoms with van der Waals surface area (Å²) in [6, 6.07) is 3.89. The van der Waals surface area contributed by atoms with Gasteiger partial charge in [-0.1, -0.05) is 15.9 Å². The van der Waals surface area contributed by atoms with Gasteiger partial charge in [0.1, 0.15) is 11.4 Å². The van der Waals surface area contributed by atoms with Gasteiger partial charge in [0.2, 0.25) is 0 Å². The summed E-state index contributed by atoms with van der Waals surface area (Å²) in [5.74, 6) is -0.957. The van der Waals surface area contributed by atoms with Crippen LogP contribution in [0.3, 0.4) is 0 Å². The molecule has 0 bridgehead atoms. The van der Waals surface area contributed by atoms with E-state index in [9.17, 15) is 18.0 Å². The number of ether oxygens (including phenoxy) is 2. The molecule has 0 saturated heterocycles. The minimum absolute atomic E-state index is 0.370. The maximum Gasteiger partial charge on any atom is 0.573 e. The average molecular weight is 367 g/mol. The fraction of sp³-hybridized carbons (Fsp3) is 0.357. The first-order valence-electron chi connectivity index (χ1n) is 5.92. The Labute approximate surface area is 128 Å². The topological polar surface area (TPSA) is 35.5 Å². The normalized spacial score (nSPS) is 12.5. The first-order valence-corrected chi connectivity index (χ1v) is 6.71. The molecule has 0 fully saturated rings. The zero-order valence-electron chi connectivity index (χ0n) is 11.6. The summed E-state index contributed by atoms with van der Waals surface area (Å²) >= 11 is 3.08. The average Bonchev–Trinajstić information content (AvgIpc) is 2.20. The van der Waals surface area contributed by atoms with Gasteiger partial charge in [-0.3, -0.25) is 0 Å². The second kappa shape index (κ2) is 6.51. The number of benzene rings is 1. The van der Waals surface area contributed by atoms with Gasteiger partial charge < -0.3 is 9.47 Å². The summed E-state index contributed by atoms with van der Waals surface area (Å²) in [4.78, 5) is 11.5. The highest BCUT2D eigenvalue weighted by Gasteiger charge is 2.31. The molecule has 116 valence electrons. The second-order valence-electron chi connectivity index (χ2n) is 5.13. The lowest BCUT2D eigenvalue weighted by atomic mass is 10.2. The molecule has 0 aliphatic carbocycles. The Morgan fingerprint density at radius 3 is 2.33 bits per heavy atom. The number of hydrogen-bond acceptors (Lipinski definition) is 3. The summed E-state index contributed by atoms with van der Waals surface area (Å²) in [5.41, 5.74) is -0.266. The number of carbonyl (C=O) groups is 1. The molecule has 0 spiro atoms. The van der Waals surface area contributed by atoms with Crippen LogP contribution in [0.15, 0.2) is 28.7 Å². The monoisotopic (exact) mass is 366 g/mol. The SMILES string of the molecule is CC(C)(C)OC(=O)/C=C/c1cc(Br)cc(OC(F)(F)F)c1. The number of alkyl halides is 3. The fourth-order valence-corrected chi connectivity index (χ4v) is 1.86. The Morgan fingerprint density at radius 1 is 1.19 bits per heavy atom. The van der Waals surface area contributed by atoms with E-state index in [-0.39, 0.29) is 5.75 Å². The van der Waals surface area contributed by atoms with Gasteiger partial charge in [-0.15, -0.1) is 13.2 Å². The first kappa shape index (κ1) is 17.6. The van der Waals surface area contributed by atoms with E-state index in [0.29, 0.717) is 10.0 Å². The molecule has 0 aliphatic rings. The molecule has 21 heavy (non-hydrogen) atoms. The summed E-state index contributed by atoms with van der Waals surface area (Å²) in [6.45, 7) is 5.15. The maximum atomic E-state index is 12.2. The van der Waals surface area contributed by atoms with E-state index in [0.717, 1.165) is 6.08 Å². The second-order valence-corrected chi connectivity index (χ2v) is 6.05. The van der Waals surface area contributed by atoms with Crippen LogP contribution in [0.25, 0.3) is 6.08 Å². The third kappa shape index (κ3) is 7.75. The molecule has 1 rings (SSSR count). The predicted octanol–water partition coefficient (Wildman–Crippen LogP) is 4.70. The molecule has 0 aliphatic heterocycles. The van der Waals surface area contributed by atoms with Gasteiger partial charge in [-0.05, 0) is 50.6 Å². The molecular formula is C14H14BrF3O3. The van der Waals surface area contributed by atoms with Crippen LogP contribution in [0.4, 0.5) is 13.2 Å². The van der Waals surface area contributed by atoms with Crippen molar-refractivity contribution in [1.82, 2.24) is 0 Å². The van der Waals surface area contributed by atoms with Gasteiger partial charge in [0.05, 0.1) is 0 Å². The van der Waals surface area contributed by atoms with Crippen LogP contribution in [0.5, 0.6) is 5.75 Å². The van der Waals surface area contributed by atoms with Crippen molar-refractivity contribution in [1.29, 1.82) is 0 Å². The first-order chi connectivity index (χ1) is 9.44. The van der Waals surface area contributed by atoms with E-state index >= 15 is 0 Å². The third-order valence-corrected chi connectivity index (χ3v) is 2.40. The quantitative estimate of drug-likeness (QED) is 0.574. The number of carbonyl (C=O) groups excluding carboxylic acids is 1. The van der Waals surface area contributed by atoms with Gasteiger partial charge >= 0.3 is 12.3 Å². The zero-order chi connectivity index (χ0) is 16.3. The smallest absolute Gasteiger partial charge is 0.457 e. The highest BCUT2D eigenvalue weighted by Crippen LogP contribution is 2.27. The molecule has 1 aromatic carbocycles. The Balaban J connectivity index is 2.86. The van der Waals surface area contributed by atoms with Crippen LogP contribution in [0.2, 0.25) is 0 Å². The molecule has 0 amide bonds. The highest BCUT2D eigenvalue weighted by molar-refractivity contribution is 9.10. The van der Waals surface area contributed by atoms with Gasteiger partial charge in [0, 0.05) is 10.5 Å². The van der Waals surface area contributed by atoms with Crippen molar-refractivity contribution in [3.63, 3.8) is 0 Å². The number of hydrogen-bond donors (Lipinski definition) is 0. The molecule has 7 heteroatoms. The summed E-state index contributed by atoms with van der Waals surface area (Å²) in [6.07, 6.45) is -2.28. The molecular weight excluding hydrogens is 353 g/mol. The van der Waals surface area contributed by atoms with Crippen molar-refractivity contribution in [3.8, 4) is 5.75 Å². The van der Waals surface area contributed by atoms with Crippen molar-refractivity contribution in [3.05, 3.63) is 34.3 Å². The van der Waals surface area contributed by atoms with Gasteiger partial charge in [-0.2, -0.15) is 0 Å². The molecule has 1 aromatic rings. The molecule has 0 saturated carbocycles. The number of halogens is 4. The molecule has 0 unspecified atom stereocenters. The summed E-state index contributed by atoms with van der Waals surface area (Å²) in [7, 11) is 0. The Hall–Kier alpha value is -1.50. The largest absolute Gasteiger partial charge is 0.573 e. The Bertz CT molecular complexity index is 545. The van der Waals surface area contributed by atoms with Crippen LogP contribution < -0.4 is 4.74 Å². The third-order valence-electron chi connectivity index (χ3n) is 1.95. The van der Waals surface area contributed by atoms with E-state index in [1.54, 1.807) is 26.8 Å². The van der Waals surface area contributed by atoms with Gasteiger partial charge in [0.25, 0.3) is 0 Å². The predicted molar refractivity (Wildman–Crippen MR) is 75.7 cm³/mol. The van der Waals surface area contributed by atoms with Gasteiger partial charge in [0.15, 0.2) is 0 Å². The molecule has 0 N–H and O–H groups in total. The van der Waals surface area contributed by atoms with E-state index in [1.807, 2.05) is 0 Å². The zero-order valence-corrected chi connectivity index (χ0v) is 13.2. The molecule has 3 nitrogen and oxygen atoms in total. The van der Waals surface area contributed by atoms with E-state index in [1.165, 1.54) is 18.2 Å². The fourth-order valence-electron chi connectivity index (χ4n) is 1.37. The van der Waals surface area contributed by atoms with Crippen molar-refractivity contribution in [2.45, 2.75) is 32.7 Å². The standard InChI is InChI=1S/C14H14BrF3O3/c1-13(2,3)21-12(19)5-4-9-6-10(15)8-11(7-9)20-14(16,17)18/h4-8H,1-3H3/b5-4+. The number of rotatable bonds is 3. The molecule has 0 atom stereocenters. The number of esters is 1. The minimum atomic E-state index is -4.77. The summed E-state index contributed by atoms with van der Waals surface area (Å²) < 4.78 is 45.8. The maximum absolute atomic E-state index is 12.2. The van der Waals surface area contributed by atoms with Crippen molar-refractivity contribution in [2.75, 3.05) is 0 Å². The van der Waals surface area contributed by atoms with E-state index in [4.69, 9.17) is 4.74 Å². The molecule has 0 radical (unpaired) electrons.